The summed E-state index contributed by atoms with van der Waals surface area (Å²) >= 11 is 0. The number of fused-ring (bicyclic) bond motifs is 5. The maximum atomic E-state index is 4.06. The van der Waals surface area contributed by atoms with Crippen LogP contribution < -0.4 is 5.32 Å². The predicted molar refractivity (Wildman–Crippen MR) is 93.7 cm³/mol. The Balaban J connectivity index is 1.65. The highest BCUT2D eigenvalue weighted by molar-refractivity contribution is 5.09. The van der Waals surface area contributed by atoms with Crippen LogP contribution in [-0.4, -0.2) is 13.1 Å². The maximum Gasteiger partial charge on any atom is -0.00152 e. The minimum atomic E-state index is 0.636. The predicted octanol–water partition coefficient (Wildman–Crippen LogP) is 5.03. The van der Waals surface area contributed by atoms with Crippen LogP contribution in [0.4, 0.5) is 0 Å². The average molecular weight is 302 g/mol. The van der Waals surface area contributed by atoms with Crippen molar-refractivity contribution in [1.29, 1.82) is 0 Å². The zero-order chi connectivity index (χ0) is 15.4. The molecular formula is C21H35N. The molecule has 7 atom stereocenters. The Hall–Kier alpha value is -0.300. The van der Waals surface area contributed by atoms with Crippen LogP contribution in [0.2, 0.25) is 0 Å². The molecule has 0 spiro atoms. The quantitative estimate of drug-likeness (QED) is 0.705. The van der Waals surface area contributed by atoms with Gasteiger partial charge in [0.1, 0.15) is 0 Å². The molecule has 1 saturated heterocycles. The molecule has 0 amide bonds. The lowest BCUT2D eigenvalue weighted by molar-refractivity contribution is -0.107. The van der Waals surface area contributed by atoms with Gasteiger partial charge >= 0.3 is 0 Å². The monoisotopic (exact) mass is 301 g/mol. The van der Waals surface area contributed by atoms with E-state index in [0.717, 1.165) is 29.6 Å². The fourth-order valence-electron chi connectivity index (χ4n) is 7.60. The molecule has 4 rings (SSSR count). The second-order valence-corrected chi connectivity index (χ2v) is 9.55. The summed E-state index contributed by atoms with van der Waals surface area (Å²) in [6, 6.07) is 0. The summed E-state index contributed by atoms with van der Waals surface area (Å²) in [5.74, 6) is 4.92. The zero-order valence-corrected chi connectivity index (χ0v) is 14.7. The molecule has 1 heterocycles. The van der Waals surface area contributed by atoms with Gasteiger partial charge in [0.15, 0.2) is 0 Å². The van der Waals surface area contributed by atoms with E-state index in [2.05, 4.69) is 31.8 Å². The summed E-state index contributed by atoms with van der Waals surface area (Å²) in [6.45, 7) is 11.9. The van der Waals surface area contributed by atoms with Crippen LogP contribution in [0.3, 0.4) is 0 Å². The largest absolute Gasteiger partial charge is 0.316 e. The molecule has 4 aliphatic rings. The summed E-state index contributed by atoms with van der Waals surface area (Å²) in [7, 11) is 0. The minimum Gasteiger partial charge on any atom is -0.316 e. The van der Waals surface area contributed by atoms with Crippen molar-refractivity contribution in [2.45, 2.75) is 65.2 Å². The van der Waals surface area contributed by atoms with Crippen LogP contribution in [0.25, 0.3) is 0 Å². The molecule has 0 aromatic carbocycles. The Labute approximate surface area is 137 Å². The van der Waals surface area contributed by atoms with Crippen LogP contribution in [0.1, 0.15) is 65.2 Å². The molecule has 4 fully saturated rings. The molecule has 1 N–H and O–H groups in total. The molecule has 1 heteroatoms. The van der Waals surface area contributed by atoms with E-state index in [1.807, 2.05) is 0 Å². The van der Waals surface area contributed by atoms with E-state index in [4.69, 9.17) is 0 Å². The number of piperidine rings is 1. The van der Waals surface area contributed by atoms with E-state index in [1.54, 1.807) is 0 Å². The van der Waals surface area contributed by atoms with Gasteiger partial charge in [-0.1, -0.05) is 19.9 Å². The molecule has 124 valence electrons. The third-order valence-corrected chi connectivity index (χ3v) is 8.73. The molecule has 2 unspecified atom stereocenters. The fraction of sp³-hybridized carbons (Fsp3) is 0.905. The van der Waals surface area contributed by atoms with Crippen molar-refractivity contribution in [2.24, 2.45) is 40.4 Å². The average Bonchev–Trinajstić information content (AvgIpc) is 2.84. The van der Waals surface area contributed by atoms with E-state index < -0.39 is 0 Å². The third-order valence-electron chi connectivity index (χ3n) is 8.73. The Kier molecular flexibility index (Phi) is 3.72. The molecule has 22 heavy (non-hydrogen) atoms. The summed E-state index contributed by atoms with van der Waals surface area (Å²) in [5.41, 5.74) is 1.29. The molecule has 0 radical (unpaired) electrons. The molecule has 0 aromatic rings. The molecule has 0 bridgehead atoms. The van der Waals surface area contributed by atoms with Gasteiger partial charge in [0.25, 0.3) is 0 Å². The van der Waals surface area contributed by atoms with E-state index >= 15 is 0 Å². The number of rotatable bonds is 2. The molecule has 3 saturated carbocycles. The summed E-state index contributed by atoms with van der Waals surface area (Å²) in [4.78, 5) is 0. The molecule has 1 aliphatic heterocycles. The first-order valence-corrected chi connectivity index (χ1v) is 9.90. The lowest BCUT2D eigenvalue weighted by atomic mass is 9.46. The lowest BCUT2D eigenvalue weighted by Gasteiger charge is -2.60. The van der Waals surface area contributed by atoms with Gasteiger partial charge in [-0.05, 0) is 105 Å². The van der Waals surface area contributed by atoms with Gasteiger partial charge in [-0.15, -0.1) is 6.58 Å². The molecule has 0 aromatic heterocycles. The van der Waals surface area contributed by atoms with Gasteiger partial charge in [-0.3, -0.25) is 0 Å². The summed E-state index contributed by atoms with van der Waals surface area (Å²) < 4.78 is 0. The second kappa shape index (κ2) is 5.36. The zero-order valence-electron chi connectivity index (χ0n) is 14.7. The van der Waals surface area contributed by atoms with Crippen LogP contribution in [0.5, 0.6) is 0 Å². The summed E-state index contributed by atoms with van der Waals surface area (Å²) in [5, 5.41) is 3.67. The normalized spacial score (nSPS) is 54.2. The molecular weight excluding hydrogens is 266 g/mol. The van der Waals surface area contributed by atoms with Crippen LogP contribution in [0, 0.1) is 40.4 Å². The topological polar surface area (TPSA) is 12.0 Å². The van der Waals surface area contributed by atoms with E-state index in [0.29, 0.717) is 10.8 Å². The van der Waals surface area contributed by atoms with E-state index in [-0.39, 0.29) is 0 Å². The van der Waals surface area contributed by atoms with Crippen molar-refractivity contribution < 1.29 is 0 Å². The number of allylic oxidation sites excluding steroid dienone is 1. The van der Waals surface area contributed by atoms with Crippen molar-refractivity contribution in [3.05, 3.63) is 12.7 Å². The first-order valence-electron chi connectivity index (χ1n) is 9.90. The van der Waals surface area contributed by atoms with Crippen LogP contribution in [0.15, 0.2) is 12.7 Å². The van der Waals surface area contributed by atoms with Crippen molar-refractivity contribution in [2.75, 3.05) is 13.1 Å². The van der Waals surface area contributed by atoms with Gasteiger partial charge in [0.2, 0.25) is 0 Å². The SMILES string of the molecule is C=CCC1CC[C@@]2(C)CC[C@H]3[C@@H](CCC4CNCC[C@@]43C)[C@H]12. The maximum absolute atomic E-state index is 4.06. The molecule has 3 aliphatic carbocycles. The van der Waals surface area contributed by atoms with Crippen molar-refractivity contribution >= 4 is 0 Å². The minimum absolute atomic E-state index is 0.636. The Bertz CT molecular complexity index is 443. The Morgan fingerprint density at radius 1 is 1.09 bits per heavy atom. The van der Waals surface area contributed by atoms with Gasteiger partial charge < -0.3 is 5.32 Å². The first kappa shape index (κ1) is 15.2. The third kappa shape index (κ3) is 2.07. The van der Waals surface area contributed by atoms with Crippen LogP contribution >= 0.6 is 0 Å². The highest BCUT2D eigenvalue weighted by Crippen LogP contribution is 2.66. The van der Waals surface area contributed by atoms with Crippen molar-refractivity contribution in [3.8, 4) is 0 Å². The Morgan fingerprint density at radius 3 is 2.73 bits per heavy atom. The van der Waals surface area contributed by atoms with Crippen molar-refractivity contribution in [1.82, 2.24) is 5.32 Å². The van der Waals surface area contributed by atoms with Gasteiger partial charge in [0, 0.05) is 0 Å². The lowest BCUT2D eigenvalue weighted by Crippen LogP contribution is -2.56. The smallest absolute Gasteiger partial charge is 0.00152 e. The van der Waals surface area contributed by atoms with E-state index in [9.17, 15) is 0 Å². The number of hydrogen-bond donors (Lipinski definition) is 1. The first-order chi connectivity index (χ1) is 10.6. The standard InChI is InChI=1S/C21H35N/c1-4-5-15-8-10-20(2)11-9-18-17(19(15)20)7-6-16-14-22-13-12-21(16,18)3/h4,15-19,22H,1,5-14H2,2-3H3/t15?,16?,17-,18+,19+,20+,21+/m1/s1. The highest BCUT2D eigenvalue weighted by Gasteiger charge is 2.59. The fourth-order valence-corrected chi connectivity index (χ4v) is 7.60. The number of nitrogens with one attached hydrogen (secondary N) is 1. The summed E-state index contributed by atoms with van der Waals surface area (Å²) in [6.07, 6.45) is 13.9. The van der Waals surface area contributed by atoms with Crippen molar-refractivity contribution in [3.63, 3.8) is 0 Å². The van der Waals surface area contributed by atoms with Gasteiger partial charge in [-0.25, -0.2) is 0 Å². The molecule has 1 nitrogen and oxygen atoms in total. The Morgan fingerprint density at radius 2 is 1.91 bits per heavy atom. The van der Waals surface area contributed by atoms with E-state index in [1.165, 1.54) is 64.5 Å². The second-order valence-electron chi connectivity index (χ2n) is 9.55. The highest BCUT2D eigenvalue weighted by atomic mass is 14.9. The van der Waals surface area contributed by atoms with Crippen LogP contribution in [-0.2, 0) is 0 Å². The number of hydrogen-bond acceptors (Lipinski definition) is 1. The van der Waals surface area contributed by atoms with Gasteiger partial charge in [-0.2, -0.15) is 0 Å². The van der Waals surface area contributed by atoms with Gasteiger partial charge in [0.05, 0.1) is 0 Å².